The molecule has 0 aromatic heterocycles. The fourth-order valence-electron chi connectivity index (χ4n) is 3.45. The molecule has 3 rings (SSSR count). The minimum absolute atomic E-state index is 0.0501. The van der Waals surface area contributed by atoms with E-state index in [2.05, 4.69) is 73.6 Å². The molecule has 1 aliphatic rings. The van der Waals surface area contributed by atoms with E-state index >= 15 is 0 Å². The lowest BCUT2D eigenvalue weighted by Crippen LogP contribution is -2.33. The Balaban J connectivity index is 2.03. The smallest absolute Gasteiger partial charge is 0.215 e. The van der Waals surface area contributed by atoms with Crippen LogP contribution in [0, 0.1) is 0 Å². The Bertz CT molecular complexity index is 739. The van der Waals surface area contributed by atoms with E-state index in [9.17, 15) is 0 Å². The Morgan fingerprint density at radius 3 is 2.36 bits per heavy atom. The van der Waals surface area contributed by atoms with Crippen LogP contribution in [0.25, 0.3) is 0 Å². The van der Waals surface area contributed by atoms with Gasteiger partial charge in [0.25, 0.3) is 0 Å². The number of hydrogen-bond acceptors (Lipinski definition) is 1. The van der Waals surface area contributed by atoms with Gasteiger partial charge in [-0.1, -0.05) is 43.0 Å². The highest BCUT2D eigenvalue weighted by Gasteiger charge is 2.46. The third-order valence-electron chi connectivity index (χ3n) is 4.40. The predicted molar refractivity (Wildman–Crippen MR) is 94.1 cm³/mol. The average Bonchev–Trinajstić information content (AvgIpc) is 2.76. The van der Waals surface area contributed by atoms with Gasteiger partial charge in [0.05, 0.1) is 5.41 Å². The van der Waals surface area contributed by atoms with Crippen LogP contribution in [0.4, 0.5) is 11.4 Å². The second-order valence-electron chi connectivity index (χ2n) is 6.20. The lowest BCUT2D eigenvalue weighted by molar-refractivity contribution is -0.433. The highest BCUT2D eigenvalue weighted by Crippen LogP contribution is 2.41. The van der Waals surface area contributed by atoms with Gasteiger partial charge in [-0.3, -0.25) is 0 Å². The molecule has 112 valence electrons. The summed E-state index contributed by atoms with van der Waals surface area (Å²) >= 11 is 0. The number of anilines is 1. The highest BCUT2D eigenvalue weighted by atomic mass is 15.1. The molecule has 2 aromatic carbocycles. The molecule has 1 N–H and O–H groups in total. The Morgan fingerprint density at radius 1 is 1.05 bits per heavy atom. The number of allylic oxidation sites excluding steroid dienone is 1. The van der Waals surface area contributed by atoms with Gasteiger partial charge in [0, 0.05) is 17.3 Å². The first-order chi connectivity index (χ1) is 10.6. The van der Waals surface area contributed by atoms with Gasteiger partial charge in [0.15, 0.2) is 0 Å². The molecule has 0 bridgehead atoms. The second kappa shape index (κ2) is 5.45. The number of benzene rings is 2. The van der Waals surface area contributed by atoms with Crippen molar-refractivity contribution in [2.75, 3.05) is 11.9 Å². The van der Waals surface area contributed by atoms with E-state index in [1.807, 2.05) is 18.2 Å². The highest BCUT2D eigenvalue weighted by molar-refractivity contribution is 6.08. The first-order valence-electron chi connectivity index (χ1n) is 7.81. The first kappa shape index (κ1) is 14.6. The summed E-state index contributed by atoms with van der Waals surface area (Å²) in [7, 11) is 0. The fraction of sp³-hybridized carbons (Fsp3) is 0.250. The number of rotatable bonds is 4. The van der Waals surface area contributed by atoms with E-state index < -0.39 is 0 Å². The molecule has 2 nitrogen and oxygen atoms in total. The van der Waals surface area contributed by atoms with Gasteiger partial charge < -0.3 is 5.32 Å². The van der Waals surface area contributed by atoms with E-state index in [-0.39, 0.29) is 5.41 Å². The molecule has 0 aliphatic carbocycles. The van der Waals surface area contributed by atoms with Crippen molar-refractivity contribution in [3.05, 3.63) is 72.4 Å². The zero-order valence-corrected chi connectivity index (χ0v) is 13.6. The summed E-state index contributed by atoms with van der Waals surface area (Å²) in [5.74, 6) is 0. The molecule has 0 amide bonds. The minimum Gasteiger partial charge on any atom is -0.351 e. The van der Waals surface area contributed by atoms with Crippen molar-refractivity contribution in [2.45, 2.75) is 26.2 Å². The van der Waals surface area contributed by atoms with E-state index in [1.165, 1.54) is 17.0 Å². The van der Waals surface area contributed by atoms with Crippen molar-refractivity contribution in [2.24, 2.45) is 0 Å². The van der Waals surface area contributed by atoms with Gasteiger partial charge in [-0.25, -0.2) is 0 Å². The summed E-state index contributed by atoms with van der Waals surface area (Å²) in [6, 6.07) is 18.9. The molecule has 0 spiro atoms. The third-order valence-corrected chi connectivity index (χ3v) is 4.40. The van der Waals surface area contributed by atoms with Crippen LogP contribution in [0.5, 0.6) is 0 Å². The minimum atomic E-state index is -0.0501. The second-order valence-corrected chi connectivity index (χ2v) is 6.20. The molecule has 0 fully saturated rings. The number of hydrogen-bond donors (Lipinski definition) is 1. The van der Waals surface area contributed by atoms with E-state index in [4.69, 9.17) is 0 Å². The maximum absolute atomic E-state index is 4.32. The van der Waals surface area contributed by atoms with Crippen LogP contribution in [-0.4, -0.2) is 16.8 Å². The standard InChI is InChI=1S/C20H23N2/c1-5-22-18-14-10-9-13-17(18)20(3,4)19(22)15(2)21-16-11-7-6-8-12-16/h6-14,21H,2,5H2,1,3-4H3/q+1. The summed E-state index contributed by atoms with van der Waals surface area (Å²) in [5, 5.41) is 3.47. The van der Waals surface area contributed by atoms with Gasteiger partial charge in [-0.05, 0) is 32.9 Å². The summed E-state index contributed by atoms with van der Waals surface area (Å²) in [4.78, 5) is 0. The molecule has 2 heteroatoms. The molecule has 1 heterocycles. The Labute approximate surface area is 132 Å². The van der Waals surface area contributed by atoms with Crippen LogP contribution in [0.1, 0.15) is 26.3 Å². The SMILES string of the molecule is C=C(Nc1ccccc1)C1=[N+](CC)c2ccccc2C1(C)C. The molecule has 0 saturated heterocycles. The average molecular weight is 291 g/mol. The van der Waals surface area contributed by atoms with Crippen LogP contribution in [0.3, 0.4) is 0 Å². The fourth-order valence-corrected chi connectivity index (χ4v) is 3.45. The van der Waals surface area contributed by atoms with Crippen molar-refractivity contribution < 1.29 is 4.58 Å². The molecule has 0 atom stereocenters. The van der Waals surface area contributed by atoms with Crippen LogP contribution in [0.2, 0.25) is 0 Å². The van der Waals surface area contributed by atoms with Gasteiger partial charge in [-0.15, -0.1) is 0 Å². The van der Waals surface area contributed by atoms with Gasteiger partial charge >= 0.3 is 0 Å². The molecule has 0 saturated carbocycles. The molecule has 2 aromatic rings. The van der Waals surface area contributed by atoms with Crippen molar-refractivity contribution in [3.8, 4) is 0 Å². The van der Waals surface area contributed by atoms with Crippen molar-refractivity contribution in [3.63, 3.8) is 0 Å². The molecular weight excluding hydrogens is 268 g/mol. The van der Waals surface area contributed by atoms with Gasteiger partial charge in [0.1, 0.15) is 12.2 Å². The van der Waals surface area contributed by atoms with Crippen molar-refractivity contribution in [1.29, 1.82) is 0 Å². The zero-order chi connectivity index (χ0) is 15.7. The number of fused-ring (bicyclic) bond motifs is 1. The summed E-state index contributed by atoms with van der Waals surface area (Å²) in [6.07, 6.45) is 0. The van der Waals surface area contributed by atoms with Crippen molar-refractivity contribution in [1.82, 2.24) is 0 Å². The maximum Gasteiger partial charge on any atom is 0.215 e. The number of nitrogens with zero attached hydrogens (tertiary/aromatic N) is 1. The first-order valence-corrected chi connectivity index (χ1v) is 7.81. The normalized spacial score (nSPS) is 15.6. The number of para-hydroxylation sites is 2. The molecule has 0 radical (unpaired) electrons. The van der Waals surface area contributed by atoms with Crippen LogP contribution < -0.4 is 5.32 Å². The van der Waals surface area contributed by atoms with Crippen LogP contribution in [-0.2, 0) is 5.41 Å². The Hall–Kier alpha value is -2.35. The molecule has 1 aliphatic heterocycles. The third kappa shape index (κ3) is 2.25. The molecule has 22 heavy (non-hydrogen) atoms. The lowest BCUT2D eigenvalue weighted by atomic mass is 9.80. The largest absolute Gasteiger partial charge is 0.351 e. The van der Waals surface area contributed by atoms with Crippen molar-refractivity contribution >= 4 is 17.1 Å². The summed E-state index contributed by atoms with van der Waals surface area (Å²) < 4.78 is 2.37. The Kier molecular flexibility index (Phi) is 3.61. The van der Waals surface area contributed by atoms with Gasteiger partial charge in [-0.2, -0.15) is 4.58 Å². The number of nitrogens with one attached hydrogen (secondary N) is 1. The van der Waals surface area contributed by atoms with E-state index in [0.717, 1.165) is 17.9 Å². The topological polar surface area (TPSA) is 15.0 Å². The van der Waals surface area contributed by atoms with Gasteiger partial charge in [0.2, 0.25) is 11.4 Å². The molecular formula is C20H23N2+. The monoisotopic (exact) mass is 291 g/mol. The Morgan fingerprint density at radius 2 is 1.68 bits per heavy atom. The molecule has 0 unspecified atom stereocenters. The van der Waals surface area contributed by atoms with Crippen LogP contribution in [0.15, 0.2) is 66.9 Å². The van der Waals surface area contributed by atoms with E-state index in [0.29, 0.717) is 0 Å². The summed E-state index contributed by atoms with van der Waals surface area (Å²) in [6.45, 7) is 12.0. The summed E-state index contributed by atoms with van der Waals surface area (Å²) in [5.41, 5.74) is 5.90. The quantitative estimate of drug-likeness (QED) is 0.806. The van der Waals surface area contributed by atoms with Crippen LogP contribution >= 0.6 is 0 Å². The predicted octanol–water partition coefficient (Wildman–Crippen LogP) is 4.71. The van der Waals surface area contributed by atoms with E-state index in [1.54, 1.807) is 0 Å². The lowest BCUT2D eigenvalue weighted by Gasteiger charge is -2.20. The maximum atomic E-state index is 4.32. The zero-order valence-electron chi connectivity index (χ0n) is 13.6.